The fraction of sp³-hybridized carbons (Fsp3) is 0.0714. The van der Waals surface area contributed by atoms with E-state index in [1.165, 1.54) is 11.8 Å². The fourth-order valence-electron chi connectivity index (χ4n) is 1.56. The Labute approximate surface area is 133 Å². The Morgan fingerprint density at radius 1 is 1.24 bits per heavy atom. The number of thioether (sulfide) groups is 1. The highest BCUT2D eigenvalue weighted by molar-refractivity contribution is 9.10. The Kier molecular flexibility index (Phi) is 5.19. The van der Waals surface area contributed by atoms with Crippen LogP contribution in [0.25, 0.3) is 0 Å². The maximum absolute atomic E-state index is 13.4. The summed E-state index contributed by atoms with van der Waals surface area (Å²) in [4.78, 5) is 12.5. The van der Waals surface area contributed by atoms with Crippen LogP contribution in [0.15, 0.2) is 45.8 Å². The Balaban J connectivity index is 1.99. The summed E-state index contributed by atoms with van der Waals surface area (Å²) in [6.07, 6.45) is 0. The molecule has 0 aromatic heterocycles. The highest BCUT2D eigenvalue weighted by Crippen LogP contribution is 2.28. The molecule has 3 nitrogen and oxygen atoms in total. The number of benzene rings is 2. The average Bonchev–Trinajstić information content (AvgIpc) is 2.44. The molecule has 0 saturated carbocycles. The van der Waals surface area contributed by atoms with Crippen LogP contribution in [0.3, 0.4) is 0 Å². The molecule has 0 aliphatic heterocycles. The number of amides is 1. The summed E-state index contributed by atoms with van der Waals surface area (Å²) >= 11 is 4.53. The third-order valence-electron chi connectivity index (χ3n) is 2.54. The van der Waals surface area contributed by atoms with E-state index in [0.717, 1.165) is 27.6 Å². The maximum atomic E-state index is 13.4. The van der Waals surface area contributed by atoms with Crippen LogP contribution < -0.4 is 11.1 Å². The minimum atomic E-state index is -0.684. The van der Waals surface area contributed by atoms with E-state index >= 15 is 0 Å². The van der Waals surface area contributed by atoms with Crippen molar-refractivity contribution in [2.24, 2.45) is 0 Å². The molecule has 1 amide bonds. The van der Waals surface area contributed by atoms with Crippen molar-refractivity contribution in [3.05, 3.63) is 52.5 Å². The van der Waals surface area contributed by atoms with Crippen LogP contribution in [0.4, 0.5) is 20.2 Å². The van der Waals surface area contributed by atoms with Gasteiger partial charge < -0.3 is 11.1 Å². The van der Waals surface area contributed by atoms with Gasteiger partial charge >= 0.3 is 0 Å². The second-order valence-corrected chi connectivity index (χ2v) is 6.08. The lowest BCUT2D eigenvalue weighted by molar-refractivity contribution is -0.113. The van der Waals surface area contributed by atoms with E-state index in [-0.39, 0.29) is 11.4 Å². The quantitative estimate of drug-likeness (QED) is 0.628. The van der Waals surface area contributed by atoms with Gasteiger partial charge in [-0.3, -0.25) is 4.79 Å². The molecule has 3 N–H and O–H groups in total. The highest BCUT2D eigenvalue weighted by atomic mass is 79.9. The van der Waals surface area contributed by atoms with Crippen LogP contribution in [0.5, 0.6) is 0 Å². The van der Waals surface area contributed by atoms with Gasteiger partial charge in [-0.2, -0.15) is 0 Å². The van der Waals surface area contributed by atoms with Crippen molar-refractivity contribution < 1.29 is 13.6 Å². The summed E-state index contributed by atoms with van der Waals surface area (Å²) in [5.74, 6) is -1.70. The zero-order chi connectivity index (χ0) is 15.4. The first-order chi connectivity index (χ1) is 9.95. The van der Waals surface area contributed by atoms with Gasteiger partial charge in [-0.05, 0) is 30.3 Å². The van der Waals surface area contributed by atoms with E-state index in [1.807, 2.05) is 0 Å². The SMILES string of the molecule is Nc1ccc(Br)cc1SCC(=O)Nc1cc(F)ccc1F. The third kappa shape index (κ3) is 4.44. The van der Waals surface area contributed by atoms with Gasteiger partial charge in [0, 0.05) is 21.1 Å². The maximum Gasteiger partial charge on any atom is 0.234 e. The molecule has 0 unspecified atom stereocenters. The summed E-state index contributed by atoms with van der Waals surface area (Å²) in [6.45, 7) is 0. The minimum Gasteiger partial charge on any atom is -0.398 e. The zero-order valence-electron chi connectivity index (χ0n) is 10.7. The normalized spacial score (nSPS) is 10.4. The molecule has 0 radical (unpaired) electrons. The standard InChI is InChI=1S/C14H11BrF2N2OS/c15-8-1-4-11(18)13(5-8)21-7-14(20)19-12-6-9(16)2-3-10(12)17/h1-6H,7,18H2,(H,19,20). The van der Waals surface area contributed by atoms with Crippen LogP contribution in [0.2, 0.25) is 0 Å². The van der Waals surface area contributed by atoms with Crippen LogP contribution in [-0.2, 0) is 4.79 Å². The molecule has 110 valence electrons. The van der Waals surface area contributed by atoms with E-state index in [2.05, 4.69) is 21.2 Å². The summed E-state index contributed by atoms with van der Waals surface area (Å²) < 4.78 is 27.2. The number of hydrogen-bond acceptors (Lipinski definition) is 3. The van der Waals surface area contributed by atoms with Crippen molar-refractivity contribution in [3.8, 4) is 0 Å². The Bertz CT molecular complexity index is 682. The molecule has 0 aliphatic carbocycles. The van der Waals surface area contributed by atoms with Gasteiger partial charge in [0.05, 0.1) is 11.4 Å². The molecule has 21 heavy (non-hydrogen) atoms. The van der Waals surface area contributed by atoms with Crippen LogP contribution in [0.1, 0.15) is 0 Å². The van der Waals surface area contributed by atoms with E-state index in [4.69, 9.17) is 5.73 Å². The molecular weight excluding hydrogens is 362 g/mol. The lowest BCUT2D eigenvalue weighted by atomic mass is 10.3. The summed E-state index contributed by atoms with van der Waals surface area (Å²) in [5, 5.41) is 2.33. The van der Waals surface area contributed by atoms with Gasteiger partial charge in [-0.25, -0.2) is 8.78 Å². The van der Waals surface area contributed by atoms with Gasteiger partial charge in [0.1, 0.15) is 11.6 Å². The van der Waals surface area contributed by atoms with Gasteiger partial charge in [0.25, 0.3) is 0 Å². The van der Waals surface area contributed by atoms with Crippen LogP contribution in [-0.4, -0.2) is 11.7 Å². The van der Waals surface area contributed by atoms with Gasteiger partial charge in [-0.1, -0.05) is 15.9 Å². The number of nitrogens with two attached hydrogens (primary N) is 1. The lowest BCUT2D eigenvalue weighted by Gasteiger charge is -2.08. The number of rotatable bonds is 4. The summed E-state index contributed by atoms with van der Waals surface area (Å²) in [5.41, 5.74) is 6.16. The van der Waals surface area contributed by atoms with E-state index in [1.54, 1.807) is 18.2 Å². The molecule has 0 saturated heterocycles. The van der Waals surface area contributed by atoms with Crippen LogP contribution >= 0.6 is 27.7 Å². The van der Waals surface area contributed by atoms with Crippen molar-refractivity contribution in [1.29, 1.82) is 0 Å². The van der Waals surface area contributed by atoms with Crippen molar-refractivity contribution in [2.75, 3.05) is 16.8 Å². The highest BCUT2D eigenvalue weighted by Gasteiger charge is 2.10. The molecule has 7 heteroatoms. The Morgan fingerprint density at radius 3 is 2.76 bits per heavy atom. The fourth-order valence-corrected chi connectivity index (χ4v) is 2.87. The number of hydrogen-bond donors (Lipinski definition) is 2. The minimum absolute atomic E-state index is 0.0383. The topological polar surface area (TPSA) is 55.1 Å². The first-order valence-corrected chi connectivity index (χ1v) is 7.66. The molecular formula is C14H11BrF2N2OS. The molecule has 0 heterocycles. The van der Waals surface area contributed by atoms with Crippen molar-refractivity contribution >= 4 is 45.0 Å². The van der Waals surface area contributed by atoms with Gasteiger partial charge in [-0.15, -0.1) is 11.8 Å². The Hall–Kier alpha value is -1.60. The van der Waals surface area contributed by atoms with Crippen molar-refractivity contribution in [1.82, 2.24) is 0 Å². The first-order valence-electron chi connectivity index (χ1n) is 5.88. The summed E-state index contributed by atoms with van der Waals surface area (Å²) in [7, 11) is 0. The zero-order valence-corrected chi connectivity index (χ0v) is 13.1. The number of halogens is 3. The Morgan fingerprint density at radius 2 is 2.00 bits per heavy atom. The predicted octanol–water partition coefficient (Wildman–Crippen LogP) is 4.04. The van der Waals surface area contributed by atoms with Crippen molar-refractivity contribution in [2.45, 2.75) is 4.90 Å². The monoisotopic (exact) mass is 372 g/mol. The average molecular weight is 373 g/mol. The summed E-state index contributed by atoms with van der Waals surface area (Å²) in [6, 6.07) is 8.19. The van der Waals surface area contributed by atoms with Crippen LogP contribution in [0, 0.1) is 11.6 Å². The molecule has 0 aliphatic rings. The molecule has 2 aromatic rings. The van der Waals surface area contributed by atoms with Crippen molar-refractivity contribution in [3.63, 3.8) is 0 Å². The number of anilines is 2. The molecule has 0 bridgehead atoms. The molecule has 0 fully saturated rings. The molecule has 2 aromatic carbocycles. The number of carbonyl (C=O) groups is 1. The predicted molar refractivity (Wildman–Crippen MR) is 84.3 cm³/mol. The number of nitrogen functional groups attached to an aromatic ring is 1. The third-order valence-corrected chi connectivity index (χ3v) is 4.10. The van der Waals surface area contributed by atoms with E-state index in [0.29, 0.717) is 5.69 Å². The molecule has 0 atom stereocenters. The first kappa shape index (κ1) is 15.8. The van der Waals surface area contributed by atoms with E-state index in [9.17, 15) is 13.6 Å². The smallest absolute Gasteiger partial charge is 0.234 e. The second kappa shape index (κ2) is 6.91. The largest absolute Gasteiger partial charge is 0.398 e. The molecule has 2 rings (SSSR count). The molecule has 0 spiro atoms. The van der Waals surface area contributed by atoms with Gasteiger partial charge in [0.15, 0.2) is 0 Å². The van der Waals surface area contributed by atoms with E-state index < -0.39 is 17.5 Å². The number of carbonyl (C=O) groups excluding carboxylic acids is 1. The lowest BCUT2D eigenvalue weighted by Crippen LogP contribution is -2.15. The second-order valence-electron chi connectivity index (χ2n) is 4.14. The number of nitrogens with one attached hydrogen (secondary N) is 1. The van der Waals surface area contributed by atoms with Gasteiger partial charge in [0.2, 0.25) is 5.91 Å².